The Labute approximate surface area is 191 Å². The molecule has 2 N–H and O–H groups in total. The van der Waals surface area contributed by atoms with Crippen molar-refractivity contribution in [1.29, 1.82) is 0 Å². The average molecular weight is 453 g/mol. The average Bonchev–Trinajstić information content (AvgIpc) is 3.62. The largest absolute Gasteiger partial charge is 0.497 e. The molecule has 33 heavy (non-hydrogen) atoms. The number of benzene rings is 2. The molecule has 10 heteroatoms. The van der Waals surface area contributed by atoms with Gasteiger partial charge in [0, 0.05) is 29.9 Å². The molecule has 1 aromatic heterocycles. The lowest BCUT2D eigenvalue weighted by Gasteiger charge is -2.11. The number of carbonyl (C=O) groups excluding carboxylic acids is 1. The highest BCUT2D eigenvalue weighted by Crippen LogP contribution is 2.36. The van der Waals surface area contributed by atoms with E-state index in [2.05, 4.69) is 15.7 Å². The number of ether oxygens (including phenoxy) is 3. The number of carbonyl (C=O) groups is 1. The lowest BCUT2D eigenvalue weighted by Crippen LogP contribution is -2.34. The van der Waals surface area contributed by atoms with Gasteiger partial charge < -0.3 is 24.8 Å². The van der Waals surface area contributed by atoms with E-state index in [4.69, 9.17) is 14.2 Å². The number of rotatable bonds is 9. The standard InChI is InChI=1S/C23H27N5O5/c1-31-18-9-4-15(5-10-18)21-26-27(23(30)28(21)17-7-8-17)13-12-24-22(29)25-16-6-11-19(32-2)20(14-16)33-3/h4-6,9-11,14,17H,7-8,12-13H2,1-3H3,(H2,24,25,29). The molecule has 0 radical (unpaired) electrons. The third-order valence-corrected chi connectivity index (χ3v) is 5.38. The first-order valence-electron chi connectivity index (χ1n) is 10.6. The molecule has 1 aliphatic rings. The smallest absolute Gasteiger partial charge is 0.346 e. The van der Waals surface area contributed by atoms with Crippen LogP contribution in [0.1, 0.15) is 18.9 Å². The first kappa shape index (κ1) is 22.3. The van der Waals surface area contributed by atoms with Crippen LogP contribution < -0.4 is 30.5 Å². The summed E-state index contributed by atoms with van der Waals surface area (Å²) < 4.78 is 18.8. The van der Waals surface area contributed by atoms with Crippen LogP contribution in [0, 0.1) is 0 Å². The second kappa shape index (κ2) is 9.68. The van der Waals surface area contributed by atoms with E-state index in [1.54, 1.807) is 37.0 Å². The summed E-state index contributed by atoms with van der Waals surface area (Å²) in [5.41, 5.74) is 1.23. The van der Waals surface area contributed by atoms with E-state index in [0.717, 1.165) is 24.2 Å². The number of methoxy groups -OCH3 is 3. The fourth-order valence-electron chi connectivity index (χ4n) is 3.53. The number of nitrogens with one attached hydrogen (secondary N) is 2. The molecule has 0 unspecified atom stereocenters. The zero-order chi connectivity index (χ0) is 23.4. The molecule has 0 saturated heterocycles. The molecule has 1 heterocycles. The van der Waals surface area contributed by atoms with Gasteiger partial charge in [0.25, 0.3) is 0 Å². The predicted octanol–water partition coefficient (Wildman–Crippen LogP) is 2.89. The van der Waals surface area contributed by atoms with Crippen LogP contribution in [0.4, 0.5) is 10.5 Å². The van der Waals surface area contributed by atoms with Crippen molar-refractivity contribution < 1.29 is 19.0 Å². The van der Waals surface area contributed by atoms with Gasteiger partial charge in [-0.15, -0.1) is 5.10 Å². The number of amides is 2. The van der Waals surface area contributed by atoms with Gasteiger partial charge in [-0.05, 0) is 49.2 Å². The molecule has 1 aliphatic carbocycles. The van der Waals surface area contributed by atoms with Gasteiger partial charge in [-0.25, -0.2) is 14.3 Å². The SMILES string of the molecule is COc1ccc(-c2nn(CCNC(=O)Nc3ccc(OC)c(OC)c3)c(=O)n2C2CC2)cc1. The number of nitrogens with zero attached hydrogens (tertiary/aromatic N) is 3. The molecule has 174 valence electrons. The van der Waals surface area contributed by atoms with E-state index in [1.807, 2.05) is 24.3 Å². The van der Waals surface area contributed by atoms with E-state index >= 15 is 0 Å². The molecule has 0 bridgehead atoms. The Hall–Kier alpha value is -3.95. The first-order valence-corrected chi connectivity index (χ1v) is 10.6. The van der Waals surface area contributed by atoms with Crippen LogP contribution in [-0.4, -0.2) is 48.3 Å². The van der Waals surface area contributed by atoms with Crippen molar-refractivity contribution in [3.05, 3.63) is 52.9 Å². The van der Waals surface area contributed by atoms with Gasteiger partial charge in [-0.3, -0.25) is 4.57 Å². The quantitative estimate of drug-likeness (QED) is 0.516. The van der Waals surface area contributed by atoms with Crippen LogP contribution in [0.5, 0.6) is 17.2 Å². The minimum atomic E-state index is -0.396. The van der Waals surface area contributed by atoms with Crippen molar-refractivity contribution in [1.82, 2.24) is 19.7 Å². The fraction of sp³-hybridized carbons (Fsp3) is 0.348. The summed E-state index contributed by atoms with van der Waals surface area (Å²) in [6, 6.07) is 12.3. The number of anilines is 1. The van der Waals surface area contributed by atoms with Crippen molar-refractivity contribution >= 4 is 11.7 Å². The Morgan fingerprint density at radius 2 is 1.76 bits per heavy atom. The molecular weight excluding hydrogens is 426 g/mol. The van der Waals surface area contributed by atoms with E-state index < -0.39 is 6.03 Å². The van der Waals surface area contributed by atoms with Crippen molar-refractivity contribution in [2.45, 2.75) is 25.4 Å². The number of urea groups is 1. The minimum absolute atomic E-state index is 0.171. The van der Waals surface area contributed by atoms with Gasteiger partial charge in [0.2, 0.25) is 0 Å². The van der Waals surface area contributed by atoms with Crippen LogP contribution in [0.15, 0.2) is 47.3 Å². The maximum Gasteiger partial charge on any atom is 0.346 e. The summed E-state index contributed by atoms with van der Waals surface area (Å²) in [4.78, 5) is 25.2. The minimum Gasteiger partial charge on any atom is -0.497 e. The summed E-state index contributed by atoms with van der Waals surface area (Å²) in [5, 5.41) is 10.0. The Bertz CT molecular complexity index is 1180. The van der Waals surface area contributed by atoms with E-state index in [0.29, 0.717) is 23.0 Å². The van der Waals surface area contributed by atoms with Crippen LogP contribution >= 0.6 is 0 Å². The Balaban J connectivity index is 1.41. The van der Waals surface area contributed by atoms with Crippen molar-refractivity contribution in [2.24, 2.45) is 0 Å². The van der Waals surface area contributed by atoms with E-state index in [-0.39, 0.29) is 24.8 Å². The van der Waals surface area contributed by atoms with Crippen LogP contribution in [-0.2, 0) is 6.54 Å². The topological polar surface area (TPSA) is 109 Å². The van der Waals surface area contributed by atoms with Crippen molar-refractivity contribution in [3.63, 3.8) is 0 Å². The number of hydrogen-bond acceptors (Lipinski definition) is 6. The fourth-order valence-corrected chi connectivity index (χ4v) is 3.53. The van der Waals surface area contributed by atoms with Gasteiger partial charge in [-0.1, -0.05) is 0 Å². The molecule has 1 fully saturated rings. The zero-order valence-electron chi connectivity index (χ0n) is 18.8. The molecule has 0 atom stereocenters. The highest BCUT2D eigenvalue weighted by molar-refractivity contribution is 5.89. The maximum absolute atomic E-state index is 12.9. The predicted molar refractivity (Wildman–Crippen MR) is 123 cm³/mol. The summed E-state index contributed by atoms with van der Waals surface area (Å²) >= 11 is 0. The summed E-state index contributed by atoms with van der Waals surface area (Å²) in [6.45, 7) is 0.490. The van der Waals surface area contributed by atoms with Gasteiger partial charge in [0.05, 0.1) is 27.9 Å². The monoisotopic (exact) mass is 453 g/mol. The third kappa shape index (κ3) is 4.94. The molecule has 2 amide bonds. The third-order valence-electron chi connectivity index (χ3n) is 5.38. The van der Waals surface area contributed by atoms with E-state index in [1.165, 1.54) is 11.8 Å². The molecule has 4 rings (SSSR count). The van der Waals surface area contributed by atoms with Crippen LogP contribution in [0.3, 0.4) is 0 Å². The van der Waals surface area contributed by atoms with Gasteiger partial charge in [0.1, 0.15) is 5.75 Å². The molecule has 10 nitrogen and oxygen atoms in total. The highest BCUT2D eigenvalue weighted by atomic mass is 16.5. The van der Waals surface area contributed by atoms with Crippen molar-refractivity contribution in [2.75, 3.05) is 33.2 Å². The molecule has 1 saturated carbocycles. The molecule has 2 aromatic carbocycles. The van der Waals surface area contributed by atoms with E-state index in [9.17, 15) is 9.59 Å². The zero-order valence-corrected chi connectivity index (χ0v) is 18.8. The normalized spacial score (nSPS) is 12.8. The molecule has 3 aromatic rings. The Kier molecular flexibility index (Phi) is 6.53. The van der Waals surface area contributed by atoms with Gasteiger partial charge in [0.15, 0.2) is 17.3 Å². The Morgan fingerprint density at radius 3 is 2.39 bits per heavy atom. The maximum atomic E-state index is 12.9. The Morgan fingerprint density at radius 1 is 1.03 bits per heavy atom. The molecule has 0 spiro atoms. The van der Waals surface area contributed by atoms with Crippen LogP contribution in [0.2, 0.25) is 0 Å². The van der Waals surface area contributed by atoms with Gasteiger partial charge in [-0.2, -0.15) is 0 Å². The first-order chi connectivity index (χ1) is 16.0. The van der Waals surface area contributed by atoms with Crippen LogP contribution in [0.25, 0.3) is 11.4 Å². The second-order valence-corrected chi connectivity index (χ2v) is 7.61. The van der Waals surface area contributed by atoms with Crippen molar-refractivity contribution in [3.8, 4) is 28.6 Å². The second-order valence-electron chi connectivity index (χ2n) is 7.61. The van der Waals surface area contributed by atoms with Gasteiger partial charge >= 0.3 is 11.7 Å². The number of aromatic nitrogens is 3. The lowest BCUT2D eigenvalue weighted by molar-refractivity contribution is 0.251. The summed E-state index contributed by atoms with van der Waals surface area (Å²) in [6.07, 6.45) is 1.92. The number of hydrogen-bond donors (Lipinski definition) is 2. The summed E-state index contributed by atoms with van der Waals surface area (Å²) in [5.74, 6) is 2.45. The summed E-state index contributed by atoms with van der Waals surface area (Å²) in [7, 11) is 4.68. The highest BCUT2D eigenvalue weighted by Gasteiger charge is 2.30. The lowest BCUT2D eigenvalue weighted by atomic mass is 10.2. The molecular formula is C23H27N5O5. The molecule has 0 aliphatic heterocycles.